The molecular weight excluding hydrogens is 208 g/mol. The SMILES string of the molecule is NNC(CC1CC1)C12CC3CC(CC(C3)C1)C2. The minimum atomic E-state index is 0.603. The zero-order chi connectivity index (χ0) is 11.5. The molecule has 0 aromatic carbocycles. The molecule has 0 aromatic rings. The molecule has 0 aliphatic heterocycles. The van der Waals surface area contributed by atoms with Crippen LogP contribution in [0.4, 0.5) is 0 Å². The maximum absolute atomic E-state index is 5.92. The van der Waals surface area contributed by atoms with Crippen molar-refractivity contribution in [3.05, 3.63) is 0 Å². The Labute approximate surface area is 105 Å². The summed E-state index contributed by atoms with van der Waals surface area (Å²) in [6.45, 7) is 0. The standard InChI is InChI=1S/C15H26N2/c16-17-14(6-10-1-2-10)15-7-11-3-12(8-15)5-13(4-11)9-15/h10-14,17H,1-9,16H2. The van der Waals surface area contributed by atoms with Crippen LogP contribution in [0.2, 0.25) is 0 Å². The lowest BCUT2D eigenvalue weighted by molar-refractivity contribution is -0.0761. The molecule has 5 aliphatic carbocycles. The molecule has 0 spiro atoms. The number of rotatable bonds is 4. The molecule has 0 heterocycles. The summed E-state index contributed by atoms with van der Waals surface area (Å²) in [6.07, 6.45) is 13.4. The average molecular weight is 234 g/mol. The van der Waals surface area contributed by atoms with Gasteiger partial charge in [0.25, 0.3) is 0 Å². The monoisotopic (exact) mass is 234 g/mol. The molecule has 2 heteroatoms. The van der Waals surface area contributed by atoms with E-state index in [4.69, 9.17) is 5.84 Å². The van der Waals surface area contributed by atoms with Crippen LogP contribution in [-0.4, -0.2) is 6.04 Å². The van der Waals surface area contributed by atoms with Crippen molar-refractivity contribution in [2.45, 2.75) is 63.8 Å². The van der Waals surface area contributed by atoms with Crippen molar-refractivity contribution >= 4 is 0 Å². The van der Waals surface area contributed by atoms with Crippen LogP contribution in [0.15, 0.2) is 0 Å². The first-order chi connectivity index (χ1) is 8.27. The van der Waals surface area contributed by atoms with E-state index in [0.29, 0.717) is 11.5 Å². The highest BCUT2D eigenvalue weighted by Gasteiger charge is 2.54. The summed E-state index contributed by atoms with van der Waals surface area (Å²) in [5.74, 6) is 10.1. The summed E-state index contributed by atoms with van der Waals surface area (Å²) in [4.78, 5) is 0. The van der Waals surface area contributed by atoms with Gasteiger partial charge in [0.2, 0.25) is 0 Å². The predicted octanol–water partition coefficient (Wildman–Crippen LogP) is 2.83. The molecule has 96 valence electrons. The van der Waals surface area contributed by atoms with Gasteiger partial charge in [0.1, 0.15) is 0 Å². The Hall–Kier alpha value is -0.0800. The maximum atomic E-state index is 5.92. The van der Waals surface area contributed by atoms with Crippen LogP contribution >= 0.6 is 0 Å². The summed E-state index contributed by atoms with van der Waals surface area (Å²) in [7, 11) is 0. The maximum Gasteiger partial charge on any atom is 0.0269 e. The smallest absolute Gasteiger partial charge is 0.0269 e. The van der Waals surface area contributed by atoms with Crippen LogP contribution in [0.3, 0.4) is 0 Å². The van der Waals surface area contributed by atoms with Gasteiger partial charge in [-0.05, 0) is 74.0 Å². The van der Waals surface area contributed by atoms with Crippen molar-refractivity contribution in [2.75, 3.05) is 0 Å². The molecule has 0 aromatic heterocycles. The minimum absolute atomic E-state index is 0.603. The summed E-state index contributed by atoms with van der Waals surface area (Å²) in [6, 6.07) is 0.628. The Morgan fingerprint density at radius 3 is 1.94 bits per heavy atom. The van der Waals surface area contributed by atoms with Gasteiger partial charge in [-0.25, -0.2) is 0 Å². The van der Waals surface area contributed by atoms with Crippen molar-refractivity contribution in [3.8, 4) is 0 Å². The quantitative estimate of drug-likeness (QED) is 0.580. The average Bonchev–Trinajstić information content (AvgIpc) is 3.07. The van der Waals surface area contributed by atoms with Gasteiger partial charge in [-0.2, -0.15) is 0 Å². The lowest BCUT2D eigenvalue weighted by Gasteiger charge is -2.59. The molecule has 0 radical (unpaired) electrons. The van der Waals surface area contributed by atoms with Crippen LogP contribution in [0.1, 0.15) is 57.8 Å². The fourth-order valence-corrected chi connectivity index (χ4v) is 5.79. The fraction of sp³-hybridized carbons (Fsp3) is 1.00. The second-order valence-electron chi connectivity index (χ2n) is 7.68. The Morgan fingerprint density at radius 1 is 1.00 bits per heavy atom. The van der Waals surface area contributed by atoms with Gasteiger partial charge in [0.05, 0.1) is 0 Å². The number of hydrazine groups is 1. The van der Waals surface area contributed by atoms with Crippen molar-refractivity contribution in [3.63, 3.8) is 0 Å². The van der Waals surface area contributed by atoms with Crippen molar-refractivity contribution in [1.82, 2.24) is 5.43 Å². The van der Waals surface area contributed by atoms with E-state index in [-0.39, 0.29) is 0 Å². The molecule has 0 amide bonds. The van der Waals surface area contributed by atoms with E-state index in [9.17, 15) is 0 Å². The lowest BCUT2D eigenvalue weighted by Crippen LogP contribution is -2.57. The van der Waals surface area contributed by atoms with E-state index in [1.807, 2.05) is 0 Å². The van der Waals surface area contributed by atoms with Gasteiger partial charge >= 0.3 is 0 Å². The highest BCUT2D eigenvalue weighted by Crippen LogP contribution is 2.62. The van der Waals surface area contributed by atoms with E-state index in [0.717, 1.165) is 23.7 Å². The Kier molecular flexibility index (Phi) is 2.36. The van der Waals surface area contributed by atoms with E-state index in [1.165, 1.54) is 38.5 Å². The topological polar surface area (TPSA) is 38.0 Å². The van der Waals surface area contributed by atoms with Gasteiger partial charge < -0.3 is 0 Å². The normalized spacial score (nSPS) is 49.6. The molecule has 1 unspecified atom stereocenters. The van der Waals surface area contributed by atoms with Crippen LogP contribution < -0.4 is 11.3 Å². The molecule has 5 aliphatic rings. The predicted molar refractivity (Wildman–Crippen MR) is 69.1 cm³/mol. The molecule has 5 rings (SSSR count). The number of hydrogen-bond acceptors (Lipinski definition) is 2. The van der Waals surface area contributed by atoms with E-state index in [2.05, 4.69) is 5.43 Å². The third-order valence-corrected chi connectivity index (χ3v) is 6.29. The first-order valence-corrected chi connectivity index (χ1v) is 7.73. The molecule has 17 heavy (non-hydrogen) atoms. The Balaban J connectivity index is 1.57. The molecule has 0 saturated heterocycles. The first-order valence-electron chi connectivity index (χ1n) is 7.73. The van der Waals surface area contributed by atoms with Crippen molar-refractivity contribution in [2.24, 2.45) is 34.9 Å². The third kappa shape index (κ3) is 1.76. The number of hydrogen-bond donors (Lipinski definition) is 2. The third-order valence-electron chi connectivity index (χ3n) is 6.29. The molecule has 5 saturated carbocycles. The van der Waals surface area contributed by atoms with Gasteiger partial charge in [0.15, 0.2) is 0 Å². The van der Waals surface area contributed by atoms with Crippen LogP contribution in [0.25, 0.3) is 0 Å². The minimum Gasteiger partial charge on any atom is -0.271 e. The molecule has 3 N–H and O–H groups in total. The largest absolute Gasteiger partial charge is 0.271 e. The summed E-state index contributed by atoms with van der Waals surface area (Å²) < 4.78 is 0. The van der Waals surface area contributed by atoms with Gasteiger partial charge in [-0.1, -0.05) is 12.8 Å². The van der Waals surface area contributed by atoms with Crippen molar-refractivity contribution < 1.29 is 0 Å². The number of nitrogens with one attached hydrogen (secondary N) is 1. The highest BCUT2D eigenvalue weighted by atomic mass is 15.2. The fourth-order valence-electron chi connectivity index (χ4n) is 5.79. The summed E-state index contributed by atoms with van der Waals surface area (Å²) in [5, 5.41) is 0. The zero-order valence-electron chi connectivity index (χ0n) is 10.8. The van der Waals surface area contributed by atoms with E-state index in [1.54, 1.807) is 19.3 Å². The van der Waals surface area contributed by atoms with Crippen LogP contribution in [0.5, 0.6) is 0 Å². The molecule has 2 nitrogen and oxygen atoms in total. The second-order valence-corrected chi connectivity index (χ2v) is 7.68. The zero-order valence-corrected chi connectivity index (χ0v) is 10.8. The summed E-state index contributed by atoms with van der Waals surface area (Å²) >= 11 is 0. The summed E-state index contributed by atoms with van der Waals surface area (Å²) in [5.41, 5.74) is 3.83. The van der Waals surface area contributed by atoms with Crippen LogP contribution in [0, 0.1) is 29.1 Å². The highest BCUT2D eigenvalue weighted by molar-refractivity contribution is 5.06. The Morgan fingerprint density at radius 2 is 1.53 bits per heavy atom. The second kappa shape index (κ2) is 3.71. The Bertz CT molecular complexity index is 273. The van der Waals surface area contributed by atoms with E-state index >= 15 is 0 Å². The first kappa shape index (κ1) is 10.8. The molecule has 1 atom stereocenters. The molecule has 4 bridgehead atoms. The van der Waals surface area contributed by atoms with Gasteiger partial charge in [0, 0.05) is 6.04 Å². The van der Waals surface area contributed by atoms with Crippen molar-refractivity contribution in [1.29, 1.82) is 0 Å². The van der Waals surface area contributed by atoms with Crippen LogP contribution in [-0.2, 0) is 0 Å². The molecular formula is C15H26N2. The lowest BCUT2D eigenvalue weighted by atomic mass is 9.47. The van der Waals surface area contributed by atoms with Gasteiger partial charge in [-0.15, -0.1) is 0 Å². The molecule has 5 fully saturated rings. The van der Waals surface area contributed by atoms with E-state index < -0.39 is 0 Å². The van der Waals surface area contributed by atoms with Gasteiger partial charge in [-0.3, -0.25) is 11.3 Å². The number of nitrogens with two attached hydrogens (primary N) is 1.